The molecule has 1 aromatic carbocycles. The van der Waals surface area contributed by atoms with Crippen molar-refractivity contribution in [3.63, 3.8) is 0 Å². The predicted octanol–water partition coefficient (Wildman–Crippen LogP) is 3.23. The van der Waals surface area contributed by atoms with Gasteiger partial charge in [0.2, 0.25) is 0 Å². The molecule has 4 aliphatic carbocycles. The molecule has 0 radical (unpaired) electrons. The Labute approximate surface area is 457 Å². The molecule has 21 nitrogen and oxygen atoms in total. The van der Waals surface area contributed by atoms with Crippen molar-refractivity contribution < 1.29 is 102 Å². The number of allylic oxidation sites excluding steroid dienone is 1. The van der Waals surface area contributed by atoms with Crippen LogP contribution in [-0.4, -0.2) is 205 Å². The first-order valence-electron chi connectivity index (χ1n) is 28.1. The van der Waals surface area contributed by atoms with Gasteiger partial charge in [-0.2, -0.15) is 0 Å². The molecular weight excluding hydrogens is 1020 g/mol. The Morgan fingerprint density at radius 3 is 1.95 bits per heavy atom. The van der Waals surface area contributed by atoms with Crippen LogP contribution in [0.15, 0.2) is 42.0 Å². The molecule has 9 rings (SSSR count). The van der Waals surface area contributed by atoms with Gasteiger partial charge in [-0.15, -0.1) is 0 Å². The fourth-order valence-corrected chi connectivity index (χ4v) is 15.2. The first-order valence-corrected chi connectivity index (χ1v) is 28.1. The van der Waals surface area contributed by atoms with E-state index in [9.17, 15) is 40.2 Å². The van der Waals surface area contributed by atoms with E-state index >= 15 is 0 Å². The average molecular weight is 1110 g/mol. The van der Waals surface area contributed by atoms with Crippen LogP contribution in [0.1, 0.15) is 117 Å². The second-order valence-electron chi connectivity index (χ2n) is 23.7. The molecule has 78 heavy (non-hydrogen) atoms. The second-order valence-corrected chi connectivity index (χ2v) is 23.7. The molecule has 4 saturated heterocycles. The zero-order valence-electron chi connectivity index (χ0n) is 46.7. The Morgan fingerprint density at radius 2 is 1.32 bits per heavy atom. The molecule has 27 atom stereocenters. The molecule has 1 aromatic rings. The lowest BCUT2D eigenvalue weighted by Gasteiger charge is -2.63. The normalized spacial score (nSPS) is 47.9. The van der Waals surface area contributed by atoms with Gasteiger partial charge in [0, 0.05) is 52.4 Å². The topological polar surface area (TPSA) is 276 Å². The lowest BCUT2D eigenvalue weighted by atomic mass is 9.44. The number of hydrogen-bond donors (Lipinski definition) is 6. The maximum atomic E-state index is 13.9. The van der Waals surface area contributed by atoms with Gasteiger partial charge < -0.3 is 92.2 Å². The number of carbonyl (C=O) groups is 2. The van der Waals surface area contributed by atoms with Crippen molar-refractivity contribution in [1.29, 1.82) is 0 Å². The minimum Gasteiger partial charge on any atom is -0.463 e. The Hall–Kier alpha value is -2.78. The third kappa shape index (κ3) is 11.1. The summed E-state index contributed by atoms with van der Waals surface area (Å²) >= 11 is 0. The van der Waals surface area contributed by atoms with Crippen LogP contribution in [0.25, 0.3) is 0 Å². The number of fused-ring (bicyclic) bond motifs is 5. The molecule has 4 aliphatic heterocycles. The summed E-state index contributed by atoms with van der Waals surface area (Å²) in [4.78, 5) is 26.1. The van der Waals surface area contributed by atoms with Crippen LogP contribution < -0.4 is 0 Å². The number of aliphatic hydroxyl groups excluding tert-OH is 5. The van der Waals surface area contributed by atoms with Gasteiger partial charge in [0.05, 0.1) is 54.4 Å². The third-order valence-corrected chi connectivity index (χ3v) is 19.5. The maximum absolute atomic E-state index is 13.9. The van der Waals surface area contributed by atoms with E-state index in [-0.39, 0.29) is 41.7 Å². The molecule has 0 aromatic heterocycles. The van der Waals surface area contributed by atoms with Gasteiger partial charge in [0.15, 0.2) is 25.2 Å². The largest absolute Gasteiger partial charge is 0.463 e. The highest BCUT2D eigenvalue weighted by Gasteiger charge is 2.72. The molecule has 0 bridgehead atoms. The number of esters is 2. The van der Waals surface area contributed by atoms with Crippen LogP contribution in [0, 0.1) is 28.6 Å². The Morgan fingerprint density at radius 1 is 0.705 bits per heavy atom. The van der Waals surface area contributed by atoms with E-state index < -0.39 is 146 Å². The standard InChI is InChI=1S/C57H86O21/c1-27(69-31(5)59)35-19-21-57(65)36-17-16-33-22-34(18-20-55(33,6)37(36)23-41(56(35,57)7)75-52(64)32-14-12-11-13-15-32)73-42-24-38(66-8)48(28(2)70-42)76-43-25-39(67-9)49(29(3)71-43)77-54-47(63)51(68-10)50(30(4)72-54)78-53-46(62)45(61)44(60)40(26-58)74-53/h11-16,27-30,34-51,53-54,58,60-63,65H,17-26H2,1-10H3/t27?,28?,29?,30?,34-,35+,36?,37?,38+,39+,40?,41+,42-,43-,44+,45-,46?,47?,48+,49+,50+,51+,53-,54-,55-,56-,57-/m0/s1. The van der Waals surface area contributed by atoms with Crippen LogP contribution in [-0.2, 0) is 66.4 Å². The van der Waals surface area contributed by atoms with Gasteiger partial charge in [-0.3, -0.25) is 4.79 Å². The van der Waals surface area contributed by atoms with Crippen molar-refractivity contribution in [3.8, 4) is 0 Å². The van der Waals surface area contributed by atoms with E-state index in [2.05, 4.69) is 13.0 Å². The first-order chi connectivity index (χ1) is 37.1. The number of carbonyl (C=O) groups excluding carboxylic acids is 2. The van der Waals surface area contributed by atoms with E-state index in [4.69, 9.17) is 61.6 Å². The van der Waals surface area contributed by atoms with Crippen LogP contribution in [0.4, 0.5) is 0 Å². The Bertz CT molecular complexity index is 2220. The summed E-state index contributed by atoms with van der Waals surface area (Å²) in [5.41, 5.74) is -0.617. The summed E-state index contributed by atoms with van der Waals surface area (Å²) in [6, 6.07) is 8.95. The average Bonchev–Trinajstić information content (AvgIpc) is 3.95. The summed E-state index contributed by atoms with van der Waals surface area (Å²) in [6.45, 7) is 12.4. The predicted molar refractivity (Wildman–Crippen MR) is 273 cm³/mol. The third-order valence-electron chi connectivity index (χ3n) is 19.5. The Balaban J connectivity index is 0.809. The molecule has 4 heterocycles. The number of aliphatic hydroxyl groups is 6. The Kier molecular flexibility index (Phi) is 18.6. The minimum absolute atomic E-state index is 0.0153. The lowest BCUT2D eigenvalue weighted by Crippen LogP contribution is -2.67. The van der Waals surface area contributed by atoms with E-state index in [1.54, 1.807) is 33.3 Å². The van der Waals surface area contributed by atoms with Crippen molar-refractivity contribution in [2.45, 2.75) is 241 Å². The van der Waals surface area contributed by atoms with E-state index in [1.165, 1.54) is 19.6 Å². The maximum Gasteiger partial charge on any atom is 0.338 e. The van der Waals surface area contributed by atoms with Gasteiger partial charge in [-0.25, -0.2) is 4.79 Å². The summed E-state index contributed by atoms with van der Waals surface area (Å²) in [7, 11) is 4.56. The van der Waals surface area contributed by atoms with Gasteiger partial charge in [0.25, 0.3) is 0 Å². The van der Waals surface area contributed by atoms with Crippen molar-refractivity contribution in [3.05, 3.63) is 47.5 Å². The number of methoxy groups -OCH3 is 3. The fourth-order valence-electron chi connectivity index (χ4n) is 15.2. The zero-order valence-corrected chi connectivity index (χ0v) is 46.7. The molecule has 0 spiro atoms. The van der Waals surface area contributed by atoms with E-state index in [0.717, 1.165) is 12.8 Å². The smallest absolute Gasteiger partial charge is 0.338 e. The minimum atomic E-state index is -1.67. The monoisotopic (exact) mass is 1110 g/mol. The molecule has 440 valence electrons. The van der Waals surface area contributed by atoms with Crippen LogP contribution in [0.2, 0.25) is 0 Å². The summed E-state index contributed by atoms with van der Waals surface area (Å²) in [5.74, 6) is -1.11. The van der Waals surface area contributed by atoms with Crippen LogP contribution in [0.3, 0.4) is 0 Å². The summed E-state index contributed by atoms with van der Waals surface area (Å²) < 4.78 is 80.6. The number of rotatable bonds is 16. The highest BCUT2D eigenvalue weighted by atomic mass is 16.8. The van der Waals surface area contributed by atoms with Crippen molar-refractivity contribution >= 4 is 11.9 Å². The molecule has 9 unspecified atom stereocenters. The van der Waals surface area contributed by atoms with Crippen molar-refractivity contribution in [2.24, 2.45) is 28.6 Å². The van der Waals surface area contributed by atoms with Crippen molar-refractivity contribution in [2.75, 3.05) is 27.9 Å². The SMILES string of the molecule is CO[C@@H]1C(O)[C@H](O[C@@H]2C(C)O[C@@H](O[C@@H]3C(C)O[C@@H](O[C@H]4CC[C@@]5(C)C(=CCC6C5C[C@@H](OC(=O)c5ccccc5)[C@]5(C)[C@@H](C(C)OC(C)=O)CC[C@]65O)C4)C[C@H]3OC)C[C@H]2OC)OC(C)[C@H]1O[C@@H]1OC(CO)[C@@H](O)[C@H](O)C1O. The number of ether oxygens (including phenoxy) is 13. The highest BCUT2D eigenvalue weighted by Crippen LogP contribution is 2.69. The highest BCUT2D eigenvalue weighted by molar-refractivity contribution is 5.89. The molecular formula is C57H86O21. The molecule has 21 heteroatoms. The molecule has 7 fully saturated rings. The quantitative estimate of drug-likeness (QED) is 0.102. The van der Waals surface area contributed by atoms with Crippen LogP contribution in [0.5, 0.6) is 0 Å². The van der Waals surface area contributed by atoms with Gasteiger partial charge in [0.1, 0.15) is 67.1 Å². The molecule has 6 N–H and O–H groups in total. The van der Waals surface area contributed by atoms with Crippen molar-refractivity contribution in [1.82, 2.24) is 0 Å². The summed E-state index contributed by atoms with van der Waals surface area (Å²) in [6.07, 6.45) is -11.5. The second kappa shape index (κ2) is 24.2. The number of hydrogen-bond acceptors (Lipinski definition) is 21. The fraction of sp³-hybridized carbons (Fsp3) is 0.825. The lowest BCUT2D eigenvalue weighted by molar-refractivity contribution is -0.373. The first kappa shape index (κ1) is 59.8. The van der Waals surface area contributed by atoms with E-state index in [0.29, 0.717) is 44.1 Å². The zero-order chi connectivity index (χ0) is 56.2. The van der Waals surface area contributed by atoms with Gasteiger partial charge in [-0.1, -0.05) is 43.7 Å². The molecule has 8 aliphatic rings. The molecule has 0 amide bonds. The summed E-state index contributed by atoms with van der Waals surface area (Å²) in [5, 5.41) is 65.6. The van der Waals surface area contributed by atoms with Crippen LogP contribution >= 0.6 is 0 Å². The number of benzene rings is 1. The van der Waals surface area contributed by atoms with Gasteiger partial charge in [-0.05, 0) is 102 Å². The molecule has 3 saturated carbocycles. The van der Waals surface area contributed by atoms with Gasteiger partial charge >= 0.3 is 11.9 Å². The van der Waals surface area contributed by atoms with E-state index in [1.807, 2.05) is 45.9 Å².